The first-order valence-electron chi connectivity index (χ1n) is 6.32. The highest BCUT2D eigenvalue weighted by molar-refractivity contribution is 5.09. The maximum atomic E-state index is 6.06. The minimum Gasteiger partial charge on any atom is -0.378 e. The quantitative estimate of drug-likeness (QED) is 0.712. The molecular formula is C12H22N4O. The fourth-order valence-electron chi connectivity index (χ4n) is 2.14. The number of hydrogen-bond acceptors (Lipinski definition) is 4. The van der Waals surface area contributed by atoms with Gasteiger partial charge < -0.3 is 15.8 Å². The average Bonchev–Trinajstić information content (AvgIpc) is 2.95. The third-order valence-corrected chi connectivity index (χ3v) is 3.18. The summed E-state index contributed by atoms with van der Waals surface area (Å²) in [6, 6.07) is 0.0215. The van der Waals surface area contributed by atoms with Crippen LogP contribution in [-0.2, 0) is 11.8 Å². The van der Waals surface area contributed by atoms with Gasteiger partial charge in [0.1, 0.15) is 0 Å². The summed E-state index contributed by atoms with van der Waals surface area (Å²) in [6.45, 7) is 2.69. The molecule has 1 saturated heterocycles. The largest absolute Gasteiger partial charge is 0.378 e. The molecule has 0 aliphatic carbocycles. The summed E-state index contributed by atoms with van der Waals surface area (Å²) in [5.41, 5.74) is 7.14. The van der Waals surface area contributed by atoms with E-state index >= 15 is 0 Å². The third kappa shape index (κ3) is 3.80. The van der Waals surface area contributed by atoms with Crippen LogP contribution in [0.5, 0.6) is 0 Å². The molecule has 2 unspecified atom stereocenters. The number of ether oxygens (including phenoxy) is 1. The lowest BCUT2D eigenvalue weighted by Gasteiger charge is -2.13. The maximum absolute atomic E-state index is 6.06. The second-order valence-electron chi connectivity index (χ2n) is 4.68. The topological polar surface area (TPSA) is 65.1 Å². The summed E-state index contributed by atoms with van der Waals surface area (Å²) in [5, 5.41) is 7.50. The van der Waals surface area contributed by atoms with Crippen LogP contribution in [0.4, 0.5) is 0 Å². The highest BCUT2D eigenvalue weighted by atomic mass is 16.5. The van der Waals surface area contributed by atoms with E-state index in [4.69, 9.17) is 10.5 Å². The molecule has 3 N–H and O–H groups in total. The van der Waals surface area contributed by atoms with Crippen molar-refractivity contribution in [2.75, 3.05) is 19.7 Å². The summed E-state index contributed by atoms with van der Waals surface area (Å²) in [4.78, 5) is 0. The van der Waals surface area contributed by atoms with E-state index in [2.05, 4.69) is 10.4 Å². The van der Waals surface area contributed by atoms with Gasteiger partial charge in [0.25, 0.3) is 0 Å². The van der Waals surface area contributed by atoms with Crippen LogP contribution >= 0.6 is 0 Å². The van der Waals surface area contributed by atoms with Crippen molar-refractivity contribution in [1.82, 2.24) is 15.1 Å². The molecule has 0 amide bonds. The van der Waals surface area contributed by atoms with E-state index in [1.807, 2.05) is 19.4 Å². The molecular weight excluding hydrogens is 216 g/mol. The van der Waals surface area contributed by atoms with Crippen LogP contribution in [0, 0.1) is 0 Å². The van der Waals surface area contributed by atoms with Gasteiger partial charge in [-0.25, -0.2) is 0 Å². The van der Waals surface area contributed by atoms with Crippen molar-refractivity contribution in [2.24, 2.45) is 12.8 Å². The molecule has 1 aromatic rings. The molecule has 17 heavy (non-hydrogen) atoms. The molecule has 1 fully saturated rings. The van der Waals surface area contributed by atoms with Gasteiger partial charge >= 0.3 is 0 Å². The van der Waals surface area contributed by atoms with Crippen molar-refractivity contribution in [1.29, 1.82) is 0 Å². The van der Waals surface area contributed by atoms with E-state index < -0.39 is 0 Å². The molecule has 5 heteroatoms. The molecule has 0 saturated carbocycles. The Morgan fingerprint density at radius 1 is 1.71 bits per heavy atom. The van der Waals surface area contributed by atoms with Gasteiger partial charge in [-0.2, -0.15) is 5.10 Å². The Morgan fingerprint density at radius 3 is 3.24 bits per heavy atom. The van der Waals surface area contributed by atoms with Crippen LogP contribution in [0.1, 0.15) is 30.9 Å². The van der Waals surface area contributed by atoms with E-state index in [-0.39, 0.29) is 6.04 Å². The summed E-state index contributed by atoms with van der Waals surface area (Å²) in [5.74, 6) is 0. The van der Waals surface area contributed by atoms with Gasteiger partial charge in [-0.15, -0.1) is 0 Å². The Bertz CT molecular complexity index is 333. The van der Waals surface area contributed by atoms with Crippen LogP contribution in [0.3, 0.4) is 0 Å². The van der Waals surface area contributed by atoms with Gasteiger partial charge in [-0.1, -0.05) is 0 Å². The molecule has 0 aromatic carbocycles. The Labute approximate surface area is 102 Å². The van der Waals surface area contributed by atoms with Gasteiger partial charge in [0.15, 0.2) is 0 Å². The lowest BCUT2D eigenvalue weighted by atomic mass is 10.1. The molecule has 0 bridgehead atoms. The van der Waals surface area contributed by atoms with Crippen LogP contribution in [-0.4, -0.2) is 35.6 Å². The van der Waals surface area contributed by atoms with Crippen LogP contribution in [0.25, 0.3) is 0 Å². The fraction of sp³-hybridized carbons (Fsp3) is 0.750. The molecule has 1 aliphatic rings. The molecule has 2 heterocycles. The molecule has 1 aliphatic heterocycles. The summed E-state index contributed by atoms with van der Waals surface area (Å²) in [6.07, 6.45) is 7.74. The third-order valence-electron chi connectivity index (χ3n) is 3.18. The summed E-state index contributed by atoms with van der Waals surface area (Å²) in [7, 11) is 1.90. The average molecular weight is 238 g/mol. The van der Waals surface area contributed by atoms with Gasteiger partial charge in [0, 0.05) is 38.0 Å². The van der Waals surface area contributed by atoms with Gasteiger partial charge in [0.05, 0.1) is 12.3 Å². The predicted molar refractivity (Wildman–Crippen MR) is 66.6 cm³/mol. The summed E-state index contributed by atoms with van der Waals surface area (Å²) < 4.78 is 7.34. The molecule has 2 atom stereocenters. The number of aromatic nitrogens is 2. The first kappa shape index (κ1) is 12.5. The Balaban J connectivity index is 1.61. The predicted octanol–water partition coefficient (Wildman–Crippen LogP) is 0.579. The number of nitrogens with zero attached hydrogens (tertiary/aromatic N) is 2. The number of hydrogen-bond donors (Lipinski definition) is 2. The van der Waals surface area contributed by atoms with Crippen molar-refractivity contribution >= 4 is 0 Å². The second kappa shape index (κ2) is 6.14. The van der Waals surface area contributed by atoms with E-state index in [1.165, 1.54) is 12.8 Å². The molecule has 96 valence electrons. The number of aryl methyl sites for hydroxylation is 1. The standard InChI is InChI=1S/C12H22N4O/c1-16-9-10(7-15-16)12(13)8-14-5-4-11-3-2-6-17-11/h7,9,11-12,14H,2-6,8,13H2,1H3. The Morgan fingerprint density at radius 2 is 2.59 bits per heavy atom. The second-order valence-corrected chi connectivity index (χ2v) is 4.68. The maximum Gasteiger partial charge on any atom is 0.0588 e. The first-order valence-corrected chi connectivity index (χ1v) is 6.32. The van der Waals surface area contributed by atoms with Crippen molar-refractivity contribution in [2.45, 2.75) is 31.4 Å². The lowest BCUT2D eigenvalue weighted by molar-refractivity contribution is 0.104. The fourth-order valence-corrected chi connectivity index (χ4v) is 2.14. The summed E-state index contributed by atoms with van der Waals surface area (Å²) >= 11 is 0. The SMILES string of the molecule is Cn1cc(C(N)CNCCC2CCCO2)cn1. The zero-order valence-corrected chi connectivity index (χ0v) is 10.4. The van der Waals surface area contributed by atoms with Crippen LogP contribution < -0.4 is 11.1 Å². The smallest absolute Gasteiger partial charge is 0.0588 e. The van der Waals surface area contributed by atoms with E-state index in [0.29, 0.717) is 6.10 Å². The Kier molecular flexibility index (Phi) is 4.53. The van der Waals surface area contributed by atoms with Gasteiger partial charge in [-0.05, 0) is 25.8 Å². The lowest BCUT2D eigenvalue weighted by Crippen LogP contribution is -2.29. The van der Waals surface area contributed by atoms with Crippen molar-refractivity contribution in [3.63, 3.8) is 0 Å². The highest BCUT2D eigenvalue weighted by Gasteiger charge is 2.14. The van der Waals surface area contributed by atoms with Crippen molar-refractivity contribution in [3.05, 3.63) is 18.0 Å². The number of nitrogens with one attached hydrogen (secondary N) is 1. The molecule has 5 nitrogen and oxygen atoms in total. The van der Waals surface area contributed by atoms with Gasteiger partial charge in [0.2, 0.25) is 0 Å². The van der Waals surface area contributed by atoms with Crippen LogP contribution in [0.2, 0.25) is 0 Å². The van der Waals surface area contributed by atoms with Crippen molar-refractivity contribution < 1.29 is 4.74 Å². The monoisotopic (exact) mass is 238 g/mol. The molecule has 0 spiro atoms. The number of rotatable bonds is 6. The van der Waals surface area contributed by atoms with E-state index in [0.717, 1.165) is 31.7 Å². The van der Waals surface area contributed by atoms with Crippen molar-refractivity contribution in [3.8, 4) is 0 Å². The van der Waals surface area contributed by atoms with Crippen LogP contribution in [0.15, 0.2) is 12.4 Å². The Hall–Kier alpha value is -0.910. The molecule has 1 aromatic heterocycles. The minimum absolute atomic E-state index is 0.0215. The highest BCUT2D eigenvalue weighted by Crippen LogP contribution is 2.14. The number of nitrogens with two attached hydrogens (primary N) is 1. The molecule has 2 rings (SSSR count). The van der Waals surface area contributed by atoms with Gasteiger partial charge in [-0.3, -0.25) is 4.68 Å². The normalized spacial score (nSPS) is 21.9. The zero-order valence-electron chi connectivity index (χ0n) is 10.4. The molecule has 0 radical (unpaired) electrons. The minimum atomic E-state index is 0.0215. The van der Waals surface area contributed by atoms with E-state index in [1.54, 1.807) is 4.68 Å². The van der Waals surface area contributed by atoms with E-state index in [9.17, 15) is 0 Å². The first-order chi connectivity index (χ1) is 8.25. The zero-order chi connectivity index (χ0) is 12.1.